The third-order valence-electron chi connectivity index (χ3n) is 5.40. The summed E-state index contributed by atoms with van der Waals surface area (Å²) in [6, 6.07) is 15.3. The Morgan fingerprint density at radius 2 is 1.94 bits per heavy atom. The normalized spacial score (nSPS) is 17.4. The predicted octanol–water partition coefficient (Wildman–Crippen LogP) is 4.50. The molecule has 2 aliphatic heterocycles. The van der Waals surface area contributed by atoms with Crippen LogP contribution < -0.4 is 10.6 Å². The maximum Gasteiger partial charge on any atom is 0.338 e. The van der Waals surface area contributed by atoms with E-state index in [1.165, 1.54) is 7.11 Å². The second-order valence-corrected chi connectivity index (χ2v) is 8.64. The first-order valence-corrected chi connectivity index (χ1v) is 11.4. The van der Waals surface area contributed by atoms with Crippen molar-refractivity contribution in [2.45, 2.75) is 19.4 Å². The number of allylic oxidation sites excluding steroid dienone is 1. The van der Waals surface area contributed by atoms with E-state index in [0.717, 1.165) is 29.4 Å². The van der Waals surface area contributed by atoms with E-state index in [2.05, 4.69) is 20.5 Å². The highest BCUT2D eigenvalue weighted by Crippen LogP contribution is 2.40. The van der Waals surface area contributed by atoms with Gasteiger partial charge in [-0.05, 0) is 55.3 Å². The van der Waals surface area contributed by atoms with Crippen molar-refractivity contribution in [3.8, 4) is 6.07 Å². The SMILES string of the molecule is COC(=O)C1=C(C)N=C2SCCCN2C1c1cccc(NC(=O)Nc2ccc(C#N)cc2)c1. The number of amides is 2. The molecule has 1 saturated heterocycles. The van der Waals surface area contributed by atoms with Crippen molar-refractivity contribution in [1.82, 2.24) is 4.90 Å². The van der Waals surface area contributed by atoms with E-state index in [4.69, 9.17) is 10.00 Å². The number of methoxy groups -OCH3 is 1. The molecule has 1 unspecified atom stereocenters. The lowest BCUT2D eigenvalue weighted by Gasteiger charge is -2.40. The van der Waals surface area contributed by atoms with Crippen LogP contribution >= 0.6 is 11.8 Å². The van der Waals surface area contributed by atoms with E-state index in [0.29, 0.717) is 28.2 Å². The van der Waals surface area contributed by atoms with Crippen LogP contribution in [0, 0.1) is 11.3 Å². The molecule has 168 valence electrons. The average Bonchev–Trinajstić information content (AvgIpc) is 2.83. The number of carbonyl (C=O) groups excluding carboxylic acids is 2. The molecule has 2 heterocycles. The molecule has 2 aromatic carbocycles. The highest BCUT2D eigenvalue weighted by Gasteiger charge is 2.37. The number of aliphatic imine (C=N–C) groups is 1. The summed E-state index contributed by atoms with van der Waals surface area (Å²) in [7, 11) is 1.37. The van der Waals surface area contributed by atoms with Crippen LogP contribution in [0.25, 0.3) is 0 Å². The van der Waals surface area contributed by atoms with Crippen LogP contribution in [0.3, 0.4) is 0 Å². The molecule has 4 rings (SSSR count). The molecule has 0 bridgehead atoms. The Kier molecular flexibility index (Phi) is 6.66. The molecule has 0 aliphatic carbocycles. The highest BCUT2D eigenvalue weighted by molar-refractivity contribution is 8.13. The molecule has 0 saturated carbocycles. The number of anilines is 2. The summed E-state index contributed by atoms with van der Waals surface area (Å²) in [6.07, 6.45) is 0.985. The monoisotopic (exact) mass is 461 g/mol. The number of nitrogens with zero attached hydrogens (tertiary/aromatic N) is 3. The number of rotatable bonds is 4. The molecular formula is C24H23N5O3S. The summed E-state index contributed by atoms with van der Waals surface area (Å²) in [6.45, 7) is 2.60. The second kappa shape index (κ2) is 9.79. The van der Waals surface area contributed by atoms with Gasteiger partial charge in [-0.15, -0.1) is 0 Å². The maximum absolute atomic E-state index is 12.7. The number of urea groups is 1. The van der Waals surface area contributed by atoms with Crippen molar-refractivity contribution in [2.24, 2.45) is 4.99 Å². The van der Waals surface area contributed by atoms with E-state index in [1.807, 2.05) is 31.2 Å². The number of nitriles is 1. The summed E-state index contributed by atoms with van der Waals surface area (Å²) >= 11 is 1.68. The Balaban J connectivity index is 1.58. The van der Waals surface area contributed by atoms with Crippen LogP contribution in [0.5, 0.6) is 0 Å². The smallest absolute Gasteiger partial charge is 0.338 e. The molecule has 2 aromatic rings. The van der Waals surface area contributed by atoms with Gasteiger partial charge in [0.05, 0.1) is 36.1 Å². The van der Waals surface area contributed by atoms with Gasteiger partial charge in [0.15, 0.2) is 5.17 Å². The Hall–Kier alpha value is -3.77. The van der Waals surface area contributed by atoms with Crippen molar-refractivity contribution < 1.29 is 14.3 Å². The maximum atomic E-state index is 12.7. The first kappa shape index (κ1) is 22.4. The van der Waals surface area contributed by atoms with Gasteiger partial charge in [0.2, 0.25) is 0 Å². The van der Waals surface area contributed by atoms with Crippen LogP contribution in [0.2, 0.25) is 0 Å². The minimum Gasteiger partial charge on any atom is -0.466 e. The summed E-state index contributed by atoms with van der Waals surface area (Å²) < 4.78 is 5.07. The fourth-order valence-electron chi connectivity index (χ4n) is 3.89. The molecule has 0 radical (unpaired) electrons. The number of ether oxygens (including phenoxy) is 1. The van der Waals surface area contributed by atoms with Gasteiger partial charge in [-0.2, -0.15) is 5.26 Å². The highest BCUT2D eigenvalue weighted by atomic mass is 32.2. The van der Waals surface area contributed by atoms with E-state index < -0.39 is 12.0 Å². The quantitative estimate of drug-likeness (QED) is 0.650. The Morgan fingerprint density at radius 3 is 2.67 bits per heavy atom. The topological polar surface area (TPSA) is 107 Å². The first-order valence-electron chi connectivity index (χ1n) is 10.5. The third-order valence-corrected chi connectivity index (χ3v) is 6.47. The molecule has 2 amide bonds. The molecule has 0 spiro atoms. The van der Waals surface area contributed by atoms with E-state index >= 15 is 0 Å². The number of hydrogen-bond acceptors (Lipinski definition) is 7. The fourth-order valence-corrected chi connectivity index (χ4v) is 4.91. The summed E-state index contributed by atoms with van der Waals surface area (Å²) in [5.41, 5.74) is 3.69. The molecule has 1 atom stereocenters. The van der Waals surface area contributed by atoms with Gasteiger partial charge in [-0.3, -0.25) is 0 Å². The van der Waals surface area contributed by atoms with Gasteiger partial charge in [0.25, 0.3) is 0 Å². The Morgan fingerprint density at radius 1 is 1.18 bits per heavy atom. The lowest BCUT2D eigenvalue weighted by atomic mass is 9.94. The molecule has 8 nitrogen and oxygen atoms in total. The third kappa shape index (κ3) is 4.86. The molecule has 2 aliphatic rings. The zero-order chi connectivity index (χ0) is 23.4. The van der Waals surface area contributed by atoms with Crippen LogP contribution in [-0.4, -0.2) is 41.5 Å². The molecule has 33 heavy (non-hydrogen) atoms. The van der Waals surface area contributed by atoms with Crippen LogP contribution in [-0.2, 0) is 9.53 Å². The lowest BCUT2D eigenvalue weighted by molar-refractivity contribution is -0.136. The van der Waals surface area contributed by atoms with Gasteiger partial charge in [-0.1, -0.05) is 23.9 Å². The largest absolute Gasteiger partial charge is 0.466 e. The minimum absolute atomic E-state index is 0.346. The van der Waals surface area contributed by atoms with Gasteiger partial charge in [0.1, 0.15) is 0 Å². The number of benzene rings is 2. The molecular weight excluding hydrogens is 438 g/mol. The van der Waals surface area contributed by atoms with Crippen molar-refractivity contribution in [3.05, 3.63) is 70.9 Å². The van der Waals surface area contributed by atoms with Crippen LogP contribution in [0.1, 0.15) is 30.5 Å². The van der Waals surface area contributed by atoms with Crippen LogP contribution in [0.15, 0.2) is 64.8 Å². The first-order chi connectivity index (χ1) is 16.0. The zero-order valence-electron chi connectivity index (χ0n) is 18.3. The Labute approximate surface area is 196 Å². The predicted molar refractivity (Wildman–Crippen MR) is 129 cm³/mol. The Bertz CT molecular complexity index is 1180. The van der Waals surface area contributed by atoms with Crippen LogP contribution in [0.4, 0.5) is 16.2 Å². The standard InChI is InChI=1S/C24H23N5O3S/c1-15-20(22(30)32-2)21(29-11-4-12-33-24(29)26-15)17-5-3-6-19(13-17)28-23(31)27-18-9-7-16(14-25)8-10-18/h3,5-10,13,21H,4,11-12H2,1-2H3,(H2,27,28,31). The summed E-state index contributed by atoms with van der Waals surface area (Å²) in [5.74, 6) is 0.577. The number of amidine groups is 1. The number of thioether (sulfide) groups is 1. The number of carbonyl (C=O) groups is 2. The van der Waals surface area contributed by atoms with E-state index in [9.17, 15) is 9.59 Å². The minimum atomic E-state index is -0.409. The second-order valence-electron chi connectivity index (χ2n) is 7.58. The van der Waals surface area contributed by atoms with Crippen molar-refractivity contribution in [3.63, 3.8) is 0 Å². The molecule has 1 fully saturated rings. The van der Waals surface area contributed by atoms with Gasteiger partial charge in [0, 0.05) is 23.7 Å². The summed E-state index contributed by atoms with van der Waals surface area (Å²) in [4.78, 5) is 32.0. The van der Waals surface area contributed by atoms with Crippen molar-refractivity contribution in [2.75, 3.05) is 30.0 Å². The molecule has 2 N–H and O–H groups in total. The van der Waals surface area contributed by atoms with Gasteiger partial charge >= 0.3 is 12.0 Å². The molecule has 9 heteroatoms. The van der Waals surface area contributed by atoms with E-state index in [1.54, 1.807) is 42.1 Å². The van der Waals surface area contributed by atoms with Crippen molar-refractivity contribution in [1.29, 1.82) is 5.26 Å². The zero-order valence-corrected chi connectivity index (χ0v) is 19.1. The molecule has 0 aromatic heterocycles. The van der Waals surface area contributed by atoms with Gasteiger partial charge < -0.3 is 20.3 Å². The van der Waals surface area contributed by atoms with Crippen molar-refractivity contribution >= 4 is 40.3 Å². The number of esters is 1. The van der Waals surface area contributed by atoms with E-state index in [-0.39, 0.29) is 6.04 Å². The number of hydrogen-bond donors (Lipinski definition) is 2. The lowest BCUT2D eigenvalue weighted by Crippen LogP contribution is -2.42. The number of fused-ring (bicyclic) bond motifs is 1. The average molecular weight is 462 g/mol. The fraction of sp³-hybridized carbons (Fsp3) is 0.250. The summed E-state index contributed by atoms with van der Waals surface area (Å²) in [5, 5.41) is 15.4. The van der Waals surface area contributed by atoms with Gasteiger partial charge in [-0.25, -0.2) is 14.6 Å². The number of nitrogens with one attached hydrogen (secondary N) is 2.